The third kappa shape index (κ3) is 9.97. The molecule has 0 aliphatic carbocycles. The van der Waals surface area contributed by atoms with Gasteiger partial charge in [-0.25, -0.2) is 4.79 Å². The van der Waals surface area contributed by atoms with Crippen LogP contribution in [-0.4, -0.2) is 29.4 Å². The molecular formula is C45H48N2O5. The average molecular weight is 697 g/mol. The highest BCUT2D eigenvalue weighted by Crippen LogP contribution is 2.37. The Balaban J connectivity index is 1.16. The van der Waals surface area contributed by atoms with Crippen molar-refractivity contribution in [3.8, 4) is 28.5 Å². The minimum atomic E-state index is -0.501. The number of alkyl carbamates (subject to hydrolysis) is 1. The maximum Gasteiger partial charge on any atom is 0.407 e. The second-order valence-electron chi connectivity index (χ2n) is 13.9. The topological polar surface area (TPSA) is 71.0 Å². The number of hydrogen-bond acceptors (Lipinski definition) is 5. The Morgan fingerprint density at radius 3 is 1.87 bits per heavy atom. The van der Waals surface area contributed by atoms with Crippen LogP contribution in [0.4, 0.5) is 4.79 Å². The van der Waals surface area contributed by atoms with Crippen LogP contribution in [0, 0.1) is 6.92 Å². The van der Waals surface area contributed by atoms with Gasteiger partial charge in [0.05, 0.1) is 12.3 Å². The zero-order chi connectivity index (χ0) is 36.3. The molecule has 1 amide bonds. The highest BCUT2D eigenvalue weighted by Gasteiger charge is 2.18. The minimum absolute atomic E-state index is 0.389. The fourth-order valence-electron chi connectivity index (χ4n) is 6.11. The molecule has 52 heavy (non-hydrogen) atoms. The van der Waals surface area contributed by atoms with Gasteiger partial charge in [-0.3, -0.25) is 0 Å². The van der Waals surface area contributed by atoms with Crippen molar-refractivity contribution in [1.29, 1.82) is 0 Å². The van der Waals surface area contributed by atoms with Crippen LogP contribution in [0.25, 0.3) is 22.2 Å². The number of carbonyl (C=O) groups excluding carboxylic acids is 1. The Morgan fingerprint density at radius 2 is 1.23 bits per heavy atom. The fourth-order valence-corrected chi connectivity index (χ4v) is 6.11. The molecule has 0 aliphatic heterocycles. The van der Waals surface area contributed by atoms with Crippen molar-refractivity contribution in [3.05, 3.63) is 150 Å². The standard InChI is InChI=1S/C45H48N2O5/c1-33-41-29-40(51-32-36-15-9-6-10-16-36)25-26-42(41)47(43(33)37-19-23-39(24-20-37)50-31-35-13-7-5-8-14-35)30-34-17-21-38(22-18-34)49-28-12-11-27-46-44(48)52-45(2,3)4/h5-10,13-26,29H,11-12,27-28,30-32H2,1-4H3,(H,46,48). The van der Waals surface area contributed by atoms with Crippen molar-refractivity contribution < 1.29 is 23.7 Å². The molecule has 0 aliphatic rings. The van der Waals surface area contributed by atoms with Gasteiger partial charge < -0.3 is 28.8 Å². The van der Waals surface area contributed by atoms with E-state index in [4.69, 9.17) is 18.9 Å². The number of carbonyl (C=O) groups is 1. The zero-order valence-electron chi connectivity index (χ0n) is 30.6. The third-order valence-corrected chi connectivity index (χ3v) is 8.68. The predicted molar refractivity (Wildman–Crippen MR) is 208 cm³/mol. The van der Waals surface area contributed by atoms with Gasteiger partial charge in [0.2, 0.25) is 0 Å². The maximum absolute atomic E-state index is 11.8. The average Bonchev–Trinajstić information content (AvgIpc) is 3.42. The summed E-state index contributed by atoms with van der Waals surface area (Å²) in [6.07, 6.45) is 1.24. The molecule has 0 spiro atoms. The smallest absolute Gasteiger partial charge is 0.407 e. The summed E-state index contributed by atoms with van der Waals surface area (Å²) in [7, 11) is 0. The molecule has 1 aromatic heterocycles. The number of nitrogens with one attached hydrogen (secondary N) is 1. The summed E-state index contributed by atoms with van der Waals surface area (Å²) in [6, 6.07) is 43.5. The molecule has 0 atom stereocenters. The summed E-state index contributed by atoms with van der Waals surface area (Å²) in [4.78, 5) is 11.8. The highest BCUT2D eigenvalue weighted by molar-refractivity contribution is 5.92. The van der Waals surface area contributed by atoms with Crippen LogP contribution in [0.5, 0.6) is 17.2 Å². The van der Waals surface area contributed by atoms with Gasteiger partial charge in [0, 0.05) is 24.0 Å². The molecule has 5 aromatic carbocycles. The van der Waals surface area contributed by atoms with Crippen molar-refractivity contribution in [1.82, 2.24) is 9.88 Å². The van der Waals surface area contributed by atoms with E-state index in [0.29, 0.717) is 32.9 Å². The lowest BCUT2D eigenvalue weighted by molar-refractivity contribution is 0.0526. The van der Waals surface area contributed by atoms with Crippen LogP contribution in [0.2, 0.25) is 0 Å². The summed E-state index contributed by atoms with van der Waals surface area (Å²) in [5.74, 6) is 2.50. The number of aromatic nitrogens is 1. The van der Waals surface area contributed by atoms with Crippen molar-refractivity contribution in [3.63, 3.8) is 0 Å². The molecule has 6 aromatic rings. The molecule has 7 nitrogen and oxygen atoms in total. The van der Waals surface area contributed by atoms with Gasteiger partial charge in [-0.1, -0.05) is 72.8 Å². The lowest BCUT2D eigenvalue weighted by atomic mass is 10.1. The molecule has 0 fully saturated rings. The molecule has 7 heteroatoms. The molecule has 6 rings (SSSR count). The van der Waals surface area contributed by atoms with Crippen LogP contribution < -0.4 is 19.5 Å². The normalized spacial score (nSPS) is 11.3. The Labute approximate surface area is 307 Å². The largest absolute Gasteiger partial charge is 0.494 e. The Morgan fingerprint density at radius 1 is 0.654 bits per heavy atom. The molecule has 0 saturated heterocycles. The van der Waals surface area contributed by atoms with E-state index in [-0.39, 0.29) is 6.09 Å². The van der Waals surface area contributed by atoms with E-state index >= 15 is 0 Å². The van der Waals surface area contributed by atoms with Crippen molar-refractivity contribution in [2.45, 2.75) is 65.9 Å². The molecule has 0 radical (unpaired) electrons. The van der Waals surface area contributed by atoms with E-state index in [0.717, 1.165) is 63.4 Å². The van der Waals surface area contributed by atoms with Gasteiger partial charge in [0.15, 0.2) is 0 Å². The van der Waals surface area contributed by atoms with Gasteiger partial charge in [0.25, 0.3) is 0 Å². The summed E-state index contributed by atoms with van der Waals surface area (Å²) in [5, 5.41) is 3.96. The van der Waals surface area contributed by atoms with E-state index in [2.05, 4.69) is 83.5 Å². The van der Waals surface area contributed by atoms with Gasteiger partial charge in [0.1, 0.15) is 36.1 Å². The number of ether oxygens (including phenoxy) is 4. The third-order valence-electron chi connectivity index (χ3n) is 8.68. The van der Waals surface area contributed by atoms with Crippen LogP contribution in [0.15, 0.2) is 127 Å². The van der Waals surface area contributed by atoms with E-state index in [1.165, 1.54) is 11.1 Å². The quantitative estimate of drug-likeness (QED) is 0.108. The van der Waals surface area contributed by atoms with E-state index in [1.54, 1.807) is 0 Å². The number of nitrogens with zero attached hydrogens (tertiary/aromatic N) is 1. The van der Waals surface area contributed by atoms with Gasteiger partial charge in [-0.05, 0) is 123 Å². The summed E-state index contributed by atoms with van der Waals surface area (Å²) in [5.41, 5.74) is 7.55. The molecule has 1 N–H and O–H groups in total. The van der Waals surface area contributed by atoms with E-state index in [9.17, 15) is 4.79 Å². The molecule has 0 unspecified atom stereocenters. The van der Waals surface area contributed by atoms with Gasteiger partial charge >= 0.3 is 6.09 Å². The fraction of sp³-hybridized carbons (Fsp3) is 0.267. The van der Waals surface area contributed by atoms with Gasteiger partial charge in [-0.2, -0.15) is 0 Å². The first-order chi connectivity index (χ1) is 25.2. The first kappa shape index (κ1) is 36.1. The molecule has 0 bridgehead atoms. The number of hydrogen-bond donors (Lipinski definition) is 1. The minimum Gasteiger partial charge on any atom is -0.494 e. The summed E-state index contributed by atoms with van der Waals surface area (Å²) >= 11 is 0. The van der Waals surface area contributed by atoms with Gasteiger partial charge in [-0.15, -0.1) is 0 Å². The lowest BCUT2D eigenvalue weighted by Crippen LogP contribution is -2.33. The van der Waals surface area contributed by atoms with Crippen molar-refractivity contribution in [2.24, 2.45) is 0 Å². The van der Waals surface area contributed by atoms with Crippen LogP contribution in [-0.2, 0) is 24.5 Å². The number of amides is 1. The number of unbranched alkanes of at least 4 members (excludes halogenated alkanes) is 1. The van der Waals surface area contributed by atoms with Crippen molar-refractivity contribution in [2.75, 3.05) is 13.2 Å². The molecule has 1 heterocycles. The Bertz CT molecular complexity index is 2030. The predicted octanol–water partition coefficient (Wildman–Crippen LogP) is 10.5. The number of rotatable bonds is 15. The SMILES string of the molecule is Cc1c(-c2ccc(OCc3ccccc3)cc2)n(Cc2ccc(OCCCCNC(=O)OC(C)(C)C)cc2)c2ccc(OCc3ccccc3)cc12. The number of fused-ring (bicyclic) bond motifs is 1. The van der Waals surface area contributed by atoms with E-state index in [1.807, 2.05) is 81.4 Å². The second kappa shape index (κ2) is 17.0. The lowest BCUT2D eigenvalue weighted by Gasteiger charge is -2.19. The number of benzene rings is 5. The van der Waals surface area contributed by atoms with Crippen LogP contribution in [0.3, 0.4) is 0 Å². The summed E-state index contributed by atoms with van der Waals surface area (Å²) in [6.45, 7) is 10.6. The molecular weight excluding hydrogens is 649 g/mol. The zero-order valence-corrected chi connectivity index (χ0v) is 30.6. The number of aryl methyl sites for hydroxylation is 1. The van der Waals surface area contributed by atoms with Crippen LogP contribution >= 0.6 is 0 Å². The van der Waals surface area contributed by atoms with Crippen molar-refractivity contribution >= 4 is 17.0 Å². The highest BCUT2D eigenvalue weighted by atomic mass is 16.6. The first-order valence-electron chi connectivity index (χ1n) is 18.0. The summed E-state index contributed by atoms with van der Waals surface area (Å²) < 4.78 is 26.0. The molecule has 0 saturated carbocycles. The van der Waals surface area contributed by atoms with Crippen LogP contribution in [0.1, 0.15) is 55.9 Å². The van der Waals surface area contributed by atoms with E-state index < -0.39 is 5.60 Å². The monoisotopic (exact) mass is 696 g/mol. The first-order valence-corrected chi connectivity index (χ1v) is 18.0. The molecule has 268 valence electrons. The second-order valence-corrected chi connectivity index (χ2v) is 13.9. The Hall–Kier alpha value is -5.69. The maximum atomic E-state index is 11.8. The Kier molecular flexibility index (Phi) is 11.8.